The fourth-order valence-corrected chi connectivity index (χ4v) is 2.05. The molecular formula is C13H27N3O3. The van der Waals surface area contributed by atoms with Crippen LogP contribution >= 0.6 is 0 Å². The molecule has 1 unspecified atom stereocenters. The van der Waals surface area contributed by atoms with Crippen LogP contribution in [0.5, 0.6) is 0 Å². The van der Waals surface area contributed by atoms with Crippen LogP contribution in [0.25, 0.3) is 0 Å². The molecule has 0 rings (SSSR count). The maximum atomic E-state index is 11.5. The molecule has 0 heterocycles. The van der Waals surface area contributed by atoms with E-state index in [1.165, 1.54) is 14.0 Å². The highest BCUT2D eigenvalue weighted by atomic mass is 16.5. The monoisotopic (exact) mass is 273 g/mol. The molecule has 0 radical (unpaired) electrons. The van der Waals surface area contributed by atoms with Crippen LogP contribution in [0.3, 0.4) is 0 Å². The number of carbonyl (C=O) groups is 2. The minimum atomic E-state index is -0.641. The number of esters is 1. The van der Waals surface area contributed by atoms with Crippen molar-refractivity contribution in [3.63, 3.8) is 0 Å². The van der Waals surface area contributed by atoms with Crippen LogP contribution in [0.1, 0.15) is 20.8 Å². The predicted octanol–water partition coefficient (Wildman–Crippen LogP) is -0.158. The Labute approximate surface area is 115 Å². The van der Waals surface area contributed by atoms with Crippen molar-refractivity contribution in [3.05, 3.63) is 0 Å². The van der Waals surface area contributed by atoms with Crippen molar-refractivity contribution in [1.29, 1.82) is 0 Å². The molecule has 0 fully saturated rings. The molecule has 0 saturated heterocycles. The lowest BCUT2D eigenvalue weighted by molar-refractivity contribution is -0.144. The fourth-order valence-electron chi connectivity index (χ4n) is 2.05. The molecule has 112 valence electrons. The Bertz CT molecular complexity index is 304. The van der Waals surface area contributed by atoms with E-state index < -0.39 is 12.0 Å². The Morgan fingerprint density at radius 3 is 2.32 bits per heavy atom. The second-order valence-corrected chi connectivity index (χ2v) is 5.81. The zero-order valence-corrected chi connectivity index (χ0v) is 12.9. The van der Waals surface area contributed by atoms with E-state index in [-0.39, 0.29) is 11.3 Å². The molecule has 0 aliphatic carbocycles. The van der Waals surface area contributed by atoms with Gasteiger partial charge in [0.05, 0.1) is 7.11 Å². The van der Waals surface area contributed by atoms with Gasteiger partial charge < -0.3 is 20.3 Å². The summed E-state index contributed by atoms with van der Waals surface area (Å²) in [5.41, 5.74) is 0.0837. The molecule has 1 amide bonds. The van der Waals surface area contributed by atoms with Gasteiger partial charge in [-0.2, -0.15) is 0 Å². The van der Waals surface area contributed by atoms with Gasteiger partial charge in [-0.15, -0.1) is 0 Å². The van der Waals surface area contributed by atoms with Crippen molar-refractivity contribution >= 4 is 11.9 Å². The van der Waals surface area contributed by atoms with E-state index in [2.05, 4.69) is 34.1 Å². The van der Waals surface area contributed by atoms with Crippen LogP contribution in [0.2, 0.25) is 0 Å². The summed E-state index contributed by atoms with van der Waals surface area (Å²) in [6.07, 6.45) is 0. The zero-order valence-electron chi connectivity index (χ0n) is 12.9. The lowest BCUT2D eigenvalue weighted by atomic mass is 9.93. The molecule has 0 aromatic heterocycles. The van der Waals surface area contributed by atoms with Crippen LogP contribution in [-0.2, 0) is 14.3 Å². The summed E-state index contributed by atoms with van der Waals surface area (Å²) in [5, 5.41) is 5.78. The number of ether oxygens (including phenoxy) is 1. The molecule has 0 aliphatic heterocycles. The van der Waals surface area contributed by atoms with E-state index in [4.69, 9.17) is 0 Å². The van der Waals surface area contributed by atoms with Gasteiger partial charge in [-0.25, -0.2) is 4.79 Å². The van der Waals surface area contributed by atoms with Gasteiger partial charge >= 0.3 is 5.97 Å². The second kappa shape index (κ2) is 8.12. The number of carbonyl (C=O) groups excluding carboxylic acids is 2. The van der Waals surface area contributed by atoms with E-state index >= 15 is 0 Å². The highest BCUT2D eigenvalue weighted by molar-refractivity contribution is 5.83. The molecule has 0 spiro atoms. The summed E-state index contributed by atoms with van der Waals surface area (Å²) >= 11 is 0. The first kappa shape index (κ1) is 17.9. The lowest BCUT2D eigenvalue weighted by Gasteiger charge is -2.29. The van der Waals surface area contributed by atoms with Crippen LogP contribution < -0.4 is 10.6 Å². The summed E-state index contributed by atoms with van der Waals surface area (Å²) in [4.78, 5) is 24.6. The summed E-state index contributed by atoms with van der Waals surface area (Å²) in [5.74, 6) is -0.683. The first-order valence-electron chi connectivity index (χ1n) is 6.38. The van der Waals surface area contributed by atoms with E-state index in [9.17, 15) is 9.59 Å². The number of methoxy groups -OCH3 is 1. The Hall–Kier alpha value is -1.14. The Kier molecular flexibility index (Phi) is 7.63. The minimum absolute atomic E-state index is 0.0837. The number of hydrogen-bond acceptors (Lipinski definition) is 5. The molecule has 6 nitrogen and oxygen atoms in total. The van der Waals surface area contributed by atoms with Gasteiger partial charge in [-0.05, 0) is 19.5 Å². The van der Waals surface area contributed by atoms with Crippen LogP contribution in [0.15, 0.2) is 0 Å². The largest absolute Gasteiger partial charge is 0.467 e. The number of amides is 1. The molecule has 6 heteroatoms. The maximum absolute atomic E-state index is 11.5. The van der Waals surface area contributed by atoms with Crippen molar-refractivity contribution in [3.8, 4) is 0 Å². The van der Waals surface area contributed by atoms with Gasteiger partial charge in [0, 0.05) is 26.6 Å². The van der Waals surface area contributed by atoms with Crippen LogP contribution in [0.4, 0.5) is 0 Å². The Morgan fingerprint density at radius 2 is 1.89 bits per heavy atom. The van der Waals surface area contributed by atoms with E-state index in [0.29, 0.717) is 6.54 Å². The topological polar surface area (TPSA) is 70.7 Å². The van der Waals surface area contributed by atoms with E-state index in [1.807, 2.05) is 14.1 Å². The average Bonchev–Trinajstić information content (AvgIpc) is 2.24. The number of nitrogens with one attached hydrogen (secondary N) is 2. The Balaban J connectivity index is 4.25. The smallest absolute Gasteiger partial charge is 0.329 e. The second-order valence-electron chi connectivity index (χ2n) is 5.81. The quantitative estimate of drug-likeness (QED) is 0.602. The van der Waals surface area contributed by atoms with Crippen molar-refractivity contribution in [2.75, 3.05) is 40.8 Å². The predicted molar refractivity (Wildman–Crippen MR) is 74.8 cm³/mol. The van der Waals surface area contributed by atoms with Crippen molar-refractivity contribution in [1.82, 2.24) is 15.5 Å². The van der Waals surface area contributed by atoms with Gasteiger partial charge in [0.1, 0.15) is 6.04 Å². The molecule has 19 heavy (non-hydrogen) atoms. The van der Waals surface area contributed by atoms with Crippen LogP contribution in [-0.4, -0.2) is 63.7 Å². The van der Waals surface area contributed by atoms with Crippen molar-refractivity contribution in [2.45, 2.75) is 26.8 Å². The van der Waals surface area contributed by atoms with Gasteiger partial charge in [-0.3, -0.25) is 4.79 Å². The average molecular weight is 273 g/mol. The number of hydrogen-bond donors (Lipinski definition) is 2. The van der Waals surface area contributed by atoms with E-state index in [0.717, 1.165) is 13.1 Å². The highest BCUT2D eigenvalue weighted by Gasteiger charge is 2.22. The van der Waals surface area contributed by atoms with Gasteiger partial charge in [0.25, 0.3) is 0 Å². The molecule has 2 N–H and O–H groups in total. The molecular weight excluding hydrogens is 246 g/mol. The van der Waals surface area contributed by atoms with Gasteiger partial charge in [-0.1, -0.05) is 13.8 Å². The van der Waals surface area contributed by atoms with Crippen molar-refractivity contribution < 1.29 is 14.3 Å². The zero-order chi connectivity index (χ0) is 15.1. The summed E-state index contributed by atoms with van der Waals surface area (Å²) < 4.78 is 4.66. The molecule has 0 bridgehead atoms. The first-order valence-corrected chi connectivity index (χ1v) is 6.38. The minimum Gasteiger partial charge on any atom is -0.467 e. The third-order valence-corrected chi connectivity index (χ3v) is 2.56. The van der Waals surface area contributed by atoms with E-state index in [1.54, 1.807) is 0 Å². The van der Waals surface area contributed by atoms with Crippen LogP contribution in [0, 0.1) is 5.41 Å². The van der Waals surface area contributed by atoms with Gasteiger partial charge in [0.2, 0.25) is 5.91 Å². The molecule has 0 aliphatic rings. The summed E-state index contributed by atoms with van der Waals surface area (Å²) in [7, 11) is 5.36. The van der Waals surface area contributed by atoms with Gasteiger partial charge in [0.15, 0.2) is 0 Å². The number of rotatable bonds is 8. The summed E-state index contributed by atoms with van der Waals surface area (Å²) in [6.45, 7) is 7.72. The standard InChI is InChI=1S/C13H27N3O3/c1-10(17)15-11(12(18)19-6)7-14-8-13(2,3)9-16(4)5/h11,14H,7-9H2,1-6H3,(H,15,17). The van der Waals surface area contributed by atoms with Crippen molar-refractivity contribution in [2.24, 2.45) is 5.41 Å². The normalized spacial score (nSPS) is 13.2. The molecule has 1 atom stereocenters. The third-order valence-electron chi connectivity index (χ3n) is 2.56. The Morgan fingerprint density at radius 1 is 1.32 bits per heavy atom. The SMILES string of the molecule is COC(=O)C(CNCC(C)(C)CN(C)C)NC(C)=O. The maximum Gasteiger partial charge on any atom is 0.329 e. The number of nitrogens with zero attached hydrogens (tertiary/aromatic N) is 1. The fraction of sp³-hybridized carbons (Fsp3) is 0.846. The summed E-state index contributed by atoms with van der Waals surface area (Å²) in [6, 6.07) is -0.641. The molecule has 0 aromatic rings. The third kappa shape index (κ3) is 8.56. The first-order chi connectivity index (χ1) is 8.68. The highest BCUT2D eigenvalue weighted by Crippen LogP contribution is 2.13. The molecule has 0 aromatic carbocycles. The lowest BCUT2D eigenvalue weighted by Crippen LogP contribution is -2.49. The molecule has 0 saturated carbocycles.